The van der Waals surface area contributed by atoms with E-state index in [2.05, 4.69) is 32.8 Å². The third kappa shape index (κ3) is 3.65. The van der Waals surface area contributed by atoms with E-state index in [1.165, 1.54) is 12.0 Å². The lowest BCUT2D eigenvalue weighted by atomic mass is 10.0. The van der Waals surface area contributed by atoms with Crippen molar-refractivity contribution in [2.45, 2.75) is 12.3 Å². The smallest absolute Gasteiger partial charge is 0.193 e. The number of nitrogens with zero attached hydrogens (tertiary/aromatic N) is 4. The average molecular weight is 281 g/mol. The monoisotopic (exact) mass is 281 g/mol. The summed E-state index contributed by atoms with van der Waals surface area (Å²) in [5.74, 6) is 2.71. The number of thioether (sulfide) groups is 1. The van der Waals surface area contributed by atoms with Crippen LogP contribution in [0.15, 0.2) is 17.4 Å². The molecule has 0 bridgehead atoms. The van der Waals surface area contributed by atoms with Crippen LogP contribution in [0.1, 0.15) is 17.9 Å². The second-order valence-corrected chi connectivity index (χ2v) is 5.83. The van der Waals surface area contributed by atoms with Gasteiger partial charge in [-0.2, -0.15) is 16.9 Å². The molecule has 6 heteroatoms. The summed E-state index contributed by atoms with van der Waals surface area (Å²) in [6.07, 6.45) is 7.41. The largest absolute Gasteiger partial charge is 0.355 e. The first-order chi connectivity index (χ1) is 9.24. The number of hydrogen-bond donors (Lipinski definition) is 1. The molecule has 1 N–H and O–H groups in total. The van der Waals surface area contributed by atoms with Crippen molar-refractivity contribution in [3.63, 3.8) is 0 Å². The van der Waals surface area contributed by atoms with Gasteiger partial charge in [-0.25, -0.2) is 0 Å². The number of rotatable bonds is 4. The molecule has 0 aliphatic carbocycles. The van der Waals surface area contributed by atoms with Gasteiger partial charge in [0.15, 0.2) is 5.96 Å². The van der Waals surface area contributed by atoms with E-state index in [0.29, 0.717) is 5.92 Å². The van der Waals surface area contributed by atoms with Crippen LogP contribution in [-0.4, -0.2) is 59.3 Å². The lowest BCUT2D eigenvalue weighted by Crippen LogP contribution is -2.40. The van der Waals surface area contributed by atoms with Gasteiger partial charge in [0.2, 0.25) is 0 Å². The molecule has 19 heavy (non-hydrogen) atoms. The molecule has 1 fully saturated rings. The van der Waals surface area contributed by atoms with Crippen molar-refractivity contribution in [1.82, 2.24) is 20.0 Å². The fraction of sp³-hybridized carbons (Fsp3) is 0.692. The Hall–Kier alpha value is -1.17. The molecular formula is C13H23N5S. The Morgan fingerprint density at radius 2 is 2.47 bits per heavy atom. The molecule has 2 heterocycles. The van der Waals surface area contributed by atoms with Crippen molar-refractivity contribution < 1.29 is 0 Å². The molecule has 1 aliphatic rings. The van der Waals surface area contributed by atoms with Crippen molar-refractivity contribution >= 4 is 17.7 Å². The van der Waals surface area contributed by atoms with Crippen LogP contribution >= 0.6 is 11.8 Å². The van der Waals surface area contributed by atoms with E-state index in [0.717, 1.165) is 31.3 Å². The zero-order valence-corrected chi connectivity index (χ0v) is 12.8. The number of hydrogen-bond acceptors (Lipinski definition) is 3. The summed E-state index contributed by atoms with van der Waals surface area (Å²) in [4.78, 5) is 6.72. The van der Waals surface area contributed by atoms with E-state index >= 15 is 0 Å². The highest BCUT2D eigenvalue weighted by atomic mass is 32.2. The fourth-order valence-electron chi connectivity index (χ4n) is 2.47. The third-order valence-corrected chi connectivity index (χ3v) is 4.10. The Kier molecular flexibility index (Phi) is 5.13. The van der Waals surface area contributed by atoms with Crippen molar-refractivity contribution in [3.05, 3.63) is 18.0 Å². The van der Waals surface area contributed by atoms with Gasteiger partial charge in [-0.05, 0) is 18.2 Å². The Labute approximate surface area is 119 Å². The predicted octanol–water partition coefficient (Wildman–Crippen LogP) is 1.15. The number of likely N-dealkylation sites (tertiary alicyclic amines) is 1. The molecule has 1 atom stereocenters. The van der Waals surface area contributed by atoms with Crippen molar-refractivity contribution in [1.29, 1.82) is 0 Å². The topological polar surface area (TPSA) is 45.5 Å². The second kappa shape index (κ2) is 6.84. The Morgan fingerprint density at radius 3 is 3.11 bits per heavy atom. The molecule has 106 valence electrons. The van der Waals surface area contributed by atoms with E-state index in [-0.39, 0.29) is 0 Å². The maximum atomic E-state index is 4.38. The van der Waals surface area contributed by atoms with Gasteiger partial charge in [0.1, 0.15) is 0 Å². The summed E-state index contributed by atoms with van der Waals surface area (Å²) in [6.45, 7) is 3.07. The van der Waals surface area contributed by atoms with Crippen LogP contribution in [0.5, 0.6) is 0 Å². The van der Waals surface area contributed by atoms with Crippen molar-refractivity contribution in [3.8, 4) is 0 Å². The minimum absolute atomic E-state index is 0.577. The van der Waals surface area contributed by atoms with Gasteiger partial charge in [-0.1, -0.05) is 0 Å². The molecule has 1 saturated heterocycles. The number of aryl methyl sites for hydroxylation is 1. The second-order valence-electron chi connectivity index (χ2n) is 4.85. The number of guanidine groups is 1. The zero-order valence-electron chi connectivity index (χ0n) is 12.0. The molecule has 1 aliphatic heterocycles. The standard InChI is InChI=1S/C13H23N5S/c1-14-13(15-5-7-19-3)18-6-4-11(10-18)12-8-16-17(2)9-12/h8-9,11H,4-7,10H2,1-3H3,(H,14,15). The predicted molar refractivity (Wildman–Crippen MR) is 81.9 cm³/mol. The Bertz CT molecular complexity index is 428. The zero-order chi connectivity index (χ0) is 13.7. The normalized spacial score (nSPS) is 20.1. The summed E-state index contributed by atoms with van der Waals surface area (Å²) in [5, 5.41) is 7.69. The molecule has 0 spiro atoms. The van der Waals surface area contributed by atoms with Crippen molar-refractivity contribution in [2.24, 2.45) is 12.0 Å². The first-order valence-corrected chi connectivity index (χ1v) is 8.07. The third-order valence-electron chi connectivity index (χ3n) is 3.49. The van der Waals surface area contributed by atoms with Gasteiger partial charge < -0.3 is 10.2 Å². The SMILES string of the molecule is CN=C(NCCSC)N1CCC(c2cnn(C)c2)C1. The Balaban J connectivity index is 1.89. The molecule has 5 nitrogen and oxygen atoms in total. The van der Waals surface area contributed by atoms with Crippen LogP contribution in [0.3, 0.4) is 0 Å². The molecule has 1 aromatic heterocycles. The maximum absolute atomic E-state index is 4.38. The molecule has 1 unspecified atom stereocenters. The summed E-state index contributed by atoms with van der Waals surface area (Å²) < 4.78 is 1.88. The highest BCUT2D eigenvalue weighted by Gasteiger charge is 2.26. The minimum atomic E-state index is 0.577. The first kappa shape index (κ1) is 14.2. The molecule has 0 amide bonds. The number of nitrogens with one attached hydrogen (secondary N) is 1. The van der Waals surface area contributed by atoms with Crippen LogP contribution in [0.2, 0.25) is 0 Å². The highest BCUT2D eigenvalue weighted by Crippen LogP contribution is 2.26. The van der Waals surface area contributed by atoms with E-state index in [1.54, 1.807) is 0 Å². The molecule has 0 saturated carbocycles. The quantitative estimate of drug-likeness (QED) is 0.511. The lowest BCUT2D eigenvalue weighted by Gasteiger charge is -2.21. The lowest BCUT2D eigenvalue weighted by molar-refractivity contribution is 0.488. The minimum Gasteiger partial charge on any atom is -0.355 e. The average Bonchev–Trinajstić information content (AvgIpc) is 3.03. The van der Waals surface area contributed by atoms with Gasteiger partial charge in [-0.3, -0.25) is 9.67 Å². The molecule has 0 aromatic carbocycles. The Morgan fingerprint density at radius 1 is 1.63 bits per heavy atom. The van der Waals surface area contributed by atoms with Gasteiger partial charge in [0.05, 0.1) is 6.20 Å². The van der Waals surface area contributed by atoms with Crippen LogP contribution in [0.4, 0.5) is 0 Å². The molecule has 1 aromatic rings. The van der Waals surface area contributed by atoms with E-state index in [4.69, 9.17) is 0 Å². The number of aromatic nitrogens is 2. The van der Waals surface area contributed by atoms with Gasteiger partial charge in [0.25, 0.3) is 0 Å². The van der Waals surface area contributed by atoms with Crippen LogP contribution < -0.4 is 5.32 Å². The number of aliphatic imine (C=N–C) groups is 1. The van der Waals surface area contributed by atoms with E-state index < -0.39 is 0 Å². The maximum Gasteiger partial charge on any atom is 0.193 e. The summed E-state index contributed by atoms with van der Waals surface area (Å²) in [5.41, 5.74) is 1.34. The van der Waals surface area contributed by atoms with Crippen LogP contribution in [-0.2, 0) is 7.05 Å². The summed E-state index contributed by atoms with van der Waals surface area (Å²) in [7, 11) is 3.83. The van der Waals surface area contributed by atoms with Crippen molar-refractivity contribution in [2.75, 3.05) is 38.7 Å². The van der Waals surface area contributed by atoms with Gasteiger partial charge in [0, 0.05) is 51.6 Å². The van der Waals surface area contributed by atoms with Gasteiger partial charge >= 0.3 is 0 Å². The summed E-state index contributed by atoms with van der Waals surface area (Å²) >= 11 is 1.85. The van der Waals surface area contributed by atoms with Crippen LogP contribution in [0.25, 0.3) is 0 Å². The van der Waals surface area contributed by atoms with E-state index in [1.807, 2.05) is 36.7 Å². The summed E-state index contributed by atoms with van der Waals surface area (Å²) in [6, 6.07) is 0. The molecule has 2 rings (SSSR count). The molecule has 0 radical (unpaired) electrons. The first-order valence-electron chi connectivity index (χ1n) is 6.67. The van der Waals surface area contributed by atoms with E-state index in [9.17, 15) is 0 Å². The molecular weight excluding hydrogens is 258 g/mol. The highest BCUT2D eigenvalue weighted by molar-refractivity contribution is 7.98. The van der Waals surface area contributed by atoms with Crippen LogP contribution in [0, 0.1) is 0 Å². The van der Waals surface area contributed by atoms with Gasteiger partial charge in [-0.15, -0.1) is 0 Å². The fourth-order valence-corrected chi connectivity index (χ4v) is 2.78.